The van der Waals surface area contributed by atoms with E-state index in [1.165, 1.54) is 0 Å². The molecule has 0 aliphatic rings. The highest BCUT2D eigenvalue weighted by Gasteiger charge is 2.16. The van der Waals surface area contributed by atoms with Crippen LogP contribution in [-0.4, -0.2) is 36.6 Å². The second-order valence-corrected chi connectivity index (χ2v) is 5.57. The topological polar surface area (TPSA) is 48.3 Å². The summed E-state index contributed by atoms with van der Waals surface area (Å²) in [5.74, 6) is 2.49. The molecule has 21 heavy (non-hydrogen) atoms. The van der Waals surface area contributed by atoms with E-state index in [1.807, 2.05) is 49.3 Å². The molecular formula is C15H21N3O2S. The summed E-state index contributed by atoms with van der Waals surface area (Å²) >= 11 is 1.71. The first-order valence-electron chi connectivity index (χ1n) is 6.69. The van der Waals surface area contributed by atoms with Crippen molar-refractivity contribution in [3.63, 3.8) is 0 Å². The van der Waals surface area contributed by atoms with Crippen LogP contribution in [0.1, 0.15) is 11.6 Å². The lowest BCUT2D eigenvalue weighted by Gasteiger charge is -2.19. The van der Waals surface area contributed by atoms with Crippen molar-refractivity contribution in [1.29, 1.82) is 0 Å². The average Bonchev–Trinajstić information content (AvgIpc) is 2.93. The highest BCUT2D eigenvalue weighted by Crippen LogP contribution is 2.32. The average molecular weight is 307 g/mol. The fraction of sp³-hybridized carbons (Fsp3) is 0.400. The van der Waals surface area contributed by atoms with E-state index < -0.39 is 0 Å². The molecule has 6 heteroatoms. The molecule has 0 aliphatic heterocycles. The van der Waals surface area contributed by atoms with Crippen LogP contribution >= 0.6 is 11.8 Å². The first-order chi connectivity index (χ1) is 10.2. The quantitative estimate of drug-likeness (QED) is 0.796. The summed E-state index contributed by atoms with van der Waals surface area (Å²) < 4.78 is 12.7. The Labute approximate surface area is 129 Å². The van der Waals surface area contributed by atoms with Gasteiger partial charge in [-0.15, -0.1) is 0 Å². The lowest BCUT2D eigenvalue weighted by molar-refractivity contribution is 0.387. The molecule has 1 heterocycles. The SMILES string of the molecule is CNC(CSc1nccn1C)c1ccc(OC)cc1OC. The molecular weight excluding hydrogens is 286 g/mol. The van der Waals surface area contributed by atoms with Gasteiger partial charge in [-0.1, -0.05) is 17.8 Å². The monoisotopic (exact) mass is 307 g/mol. The Balaban J connectivity index is 2.15. The minimum Gasteiger partial charge on any atom is -0.497 e. The Kier molecular flexibility index (Phi) is 5.52. The third-order valence-corrected chi connectivity index (χ3v) is 4.47. The van der Waals surface area contributed by atoms with E-state index >= 15 is 0 Å². The van der Waals surface area contributed by atoms with Gasteiger partial charge in [0.05, 0.1) is 14.2 Å². The summed E-state index contributed by atoms with van der Waals surface area (Å²) in [6.07, 6.45) is 3.76. The van der Waals surface area contributed by atoms with Gasteiger partial charge in [-0.05, 0) is 13.1 Å². The Bertz CT molecular complexity index is 586. The second kappa shape index (κ2) is 7.38. The van der Waals surface area contributed by atoms with Crippen molar-refractivity contribution in [3.8, 4) is 11.5 Å². The van der Waals surface area contributed by atoms with Gasteiger partial charge in [0, 0.05) is 42.9 Å². The standard InChI is InChI=1S/C15H21N3O2S/c1-16-13(10-21-15-17-7-8-18(15)2)12-6-5-11(19-3)9-14(12)20-4/h5-9,13,16H,10H2,1-4H3. The van der Waals surface area contributed by atoms with Crippen molar-refractivity contribution >= 4 is 11.8 Å². The Morgan fingerprint density at radius 3 is 2.71 bits per heavy atom. The van der Waals surface area contributed by atoms with Crippen LogP contribution in [0.5, 0.6) is 11.5 Å². The maximum atomic E-state index is 5.48. The van der Waals surface area contributed by atoms with Gasteiger partial charge in [-0.25, -0.2) is 4.98 Å². The molecule has 1 N–H and O–H groups in total. The van der Waals surface area contributed by atoms with Crippen LogP contribution in [0.25, 0.3) is 0 Å². The van der Waals surface area contributed by atoms with E-state index in [-0.39, 0.29) is 6.04 Å². The zero-order valence-electron chi connectivity index (χ0n) is 12.8. The highest BCUT2D eigenvalue weighted by molar-refractivity contribution is 7.99. The smallest absolute Gasteiger partial charge is 0.167 e. The zero-order chi connectivity index (χ0) is 15.2. The molecule has 114 valence electrons. The summed E-state index contributed by atoms with van der Waals surface area (Å²) in [6, 6.07) is 6.07. The van der Waals surface area contributed by atoms with Gasteiger partial charge >= 0.3 is 0 Å². The first kappa shape index (κ1) is 15.7. The summed E-state index contributed by atoms with van der Waals surface area (Å²) in [5, 5.41) is 4.34. The second-order valence-electron chi connectivity index (χ2n) is 4.58. The minimum atomic E-state index is 0.174. The van der Waals surface area contributed by atoms with Crippen molar-refractivity contribution in [2.75, 3.05) is 27.0 Å². The van der Waals surface area contributed by atoms with E-state index in [0.29, 0.717) is 0 Å². The molecule has 2 aromatic rings. The maximum Gasteiger partial charge on any atom is 0.167 e. The van der Waals surface area contributed by atoms with Crippen LogP contribution in [0.2, 0.25) is 0 Å². The predicted molar refractivity (Wildman–Crippen MR) is 85.3 cm³/mol. The van der Waals surface area contributed by atoms with Crippen LogP contribution in [0.4, 0.5) is 0 Å². The number of ether oxygens (including phenoxy) is 2. The molecule has 0 amide bonds. The number of rotatable bonds is 7. The van der Waals surface area contributed by atoms with E-state index in [4.69, 9.17) is 9.47 Å². The lowest BCUT2D eigenvalue weighted by atomic mass is 10.1. The zero-order valence-corrected chi connectivity index (χ0v) is 13.6. The van der Waals surface area contributed by atoms with E-state index in [1.54, 1.807) is 26.0 Å². The van der Waals surface area contributed by atoms with Crippen LogP contribution < -0.4 is 14.8 Å². The molecule has 1 aromatic carbocycles. The van der Waals surface area contributed by atoms with Crippen LogP contribution in [-0.2, 0) is 7.05 Å². The van der Waals surface area contributed by atoms with Crippen molar-refractivity contribution in [2.24, 2.45) is 7.05 Å². The van der Waals surface area contributed by atoms with Crippen LogP contribution in [0, 0.1) is 0 Å². The summed E-state index contributed by atoms with van der Waals surface area (Å²) in [7, 11) is 7.28. The fourth-order valence-corrected chi connectivity index (χ4v) is 3.15. The molecule has 0 saturated heterocycles. The van der Waals surface area contributed by atoms with Gasteiger partial charge in [0.2, 0.25) is 0 Å². The van der Waals surface area contributed by atoms with Gasteiger partial charge in [0.1, 0.15) is 11.5 Å². The Morgan fingerprint density at radius 1 is 1.33 bits per heavy atom. The molecule has 0 saturated carbocycles. The number of methoxy groups -OCH3 is 2. The third-order valence-electron chi connectivity index (χ3n) is 3.32. The van der Waals surface area contributed by atoms with Gasteiger partial charge in [-0.3, -0.25) is 0 Å². The number of hydrogen-bond acceptors (Lipinski definition) is 5. The summed E-state index contributed by atoms with van der Waals surface area (Å²) in [4.78, 5) is 4.33. The van der Waals surface area contributed by atoms with Gasteiger partial charge in [0.25, 0.3) is 0 Å². The molecule has 0 bridgehead atoms. The largest absolute Gasteiger partial charge is 0.497 e. The van der Waals surface area contributed by atoms with Crippen LogP contribution in [0.15, 0.2) is 35.7 Å². The minimum absolute atomic E-state index is 0.174. The van der Waals surface area contributed by atoms with Gasteiger partial charge < -0.3 is 19.4 Å². The van der Waals surface area contributed by atoms with E-state index in [9.17, 15) is 0 Å². The molecule has 0 fully saturated rings. The molecule has 1 unspecified atom stereocenters. The number of nitrogens with zero attached hydrogens (tertiary/aromatic N) is 2. The summed E-state index contributed by atoms with van der Waals surface area (Å²) in [5.41, 5.74) is 1.11. The van der Waals surface area contributed by atoms with Crippen molar-refractivity contribution in [3.05, 3.63) is 36.2 Å². The third kappa shape index (κ3) is 3.71. The fourth-order valence-electron chi connectivity index (χ4n) is 2.08. The molecule has 1 atom stereocenters. The highest BCUT2D eigenvalue weighted by atomic mass is 32.2. The van der Waals surface area contributed by atoms with Gasteiger partial charge in [0.15, 0.2) is 5.16 Å². The van der Waals surface area contributed by atoms with E-state index in [0.717, 1.165) is 28.0 Å². The van der Waals surface area contributed by atoms with Crippen molar-refractivity contribution < 1.29 is 9.47 Å². The van der Waals surface area contributed by atoms with E-state index in [2.05, 4.69) is 10.3 Å². The molecule has 0 aliphatic carbocycles. The normalized spacial score (nSPS) is 12.2. The molecule has 2 rings (SSSR count). The number of nitrogens with one attached hydrogen (secondary N) is 1. The first-order valence-corrected chi connectivity index (χ1v) is 7.67. The molecule has 0 spiro atoms. The number of imidazole rings is 1. The maximum absolute atomic E-state index is 5.48. The number of aryl methyl sites for hydroxylation is 1. The Hall–Kier alpha value is -1.66. The lowest BCUT2D eigenvalue weighted by Crippen LogP contribution is -2.19. The number of thioether (sulfide) groups is 1. The van der Waals surface area contributed by atoms with Crippen molar-refractivity contribution in [1.82, 2.24) is 14.9 Å². The Morgan fingerprint density at radius 2 is 2.14 bits per heavy atom. The predicted octanol–water partition coefficient (Wildman–Crippen LogP) is 2.49. The molecule has 0 radical (unpaired) electrons. The number of benzene rings is 1. The summed E-state index contributed by atoms with van der Waals surface area (Å²) in [6.45, 7) is 0. The van der Waals surface area contributed by atoms with Gasteiger partial charge in [-0.2, -0.15) is 0 Å². The molecule has 1 aromatic heterocycles. The number of aromatic nitrogens is 2. The van der Waals surface area contributed by atoms with Crippen LogP contribution in [0.3, 0.4) is 0 Å². The molecule has 5 nitrogen and oxygen atoms in total. The number of hydrogen-bond donors (Lipinski definition) is 1. The van der Waals surface area contributed by atoms with Crippen molar-refractivity contribution in [2.45, 2.75) is 11.2 Å².